The van der Waals surface area contributed by atoms with Crippen LogP contribution in [0, 0.1) is 17.7 Å². The van der Waals surface area contributed by atoms with Gasteiger partial charge in [-0.15, -0.1) is 0 Å². The van der Waals surface area contributed by atoms with Gasteiger partial charge in [0.25, 0.3) is 5.91 Å². The van der Waals surface area contributed by atoms with E-state index in [4.69, 9.17) is 0 Å². The highest BCUT2D eigenvalue weighted by atomic mass is 19.1. The Morgan fingerprint density at radius 1 is 1.17 bits per heavy atom. The van der Waals surface area contributed by atoms with Crippen molar-refractivity contribution in [2.45, 2.75) is 12.8 Å². The maximum Gasteiger partial charge on any atom is 0.251 e. The number of carbonyl (C=O) groups excluding carboxylic acids is 2. The normalized spacial score (nSPS) is 22.9. The number of amides is 2. The molecule has 0 aromatic heterocycles. The van der Waals surface area contributed by atoms with Gasteiger partial charge in [0, 0.05) is 44.7 Å². The molecule has 124 valence electrons. The van der Waals surface area contributed by atoms with E-state index in [2.05, 4.69) is 10.6 Å². The van der Waals surface area contributed by atoms with Crippen molar-refractivity contribution in [1.82, 2.24) is 15.5 Å². The number of hydrogen-bond acceptors (Lipinski definition) is 3. The van der Waals surface area contributed by atoms with Gasteiger partial charge in [-0.25, -0.2) is 4.39 Å². The molecule has 23 heavy (non-hydrogen) atoms. The van der Waals surface area contributed by atoms with Gasteiger partial charge in [0.2, 0.25) is 5.91 Å². The number of nitrogens with one attached hydrogen (secondary N) is 2. The number of nitrogens with zero attached hydrogens (tertiary/aromatic N) is 1. The fraction of sp³-hybridized carbons (Fsp3) is 0.529. The van der Waals surface area contributed by atoms with E-state index in [-0.39, 0.29) is 17.6 Å². The molecule has 3 rings (SSSR count). The van der Waals surface area contributed by atoms with Gasteiger partial charge in [-0.1, -0.05) is 0 Å². The summed E-state index contributed by atoms with van der Waals surface area (Å²) < 4.78 is 12.8. The second-order valence-electron chi connectivity index (χ2n) is 6.34. The molecule has 6 heteroatoms. The Kier molecular flexibility index (Phi) is 4.91. The fourth-order valence-corrected chi connectivity index (χ4v) is 3.36. The number of rotatable bonds is 5. The quantitative estimate of drug-likeness (QED) is 0.797. The zero-order valence-electron chi connectivity index (χ0n) is 13.1. The lowest BCUT2D eigenvalue weighted by molar-refractivity contribution is -0.130. The van der Waals surface area contributed by atoms with Crippen molar-refractivity contribution in [1.29, 1.82) is 0 Å². The van der Waals surface area contributed by atoms with Crippen LogP contribution in [0.25, 0.3) is 0 Å². The maximum absolute atomic E-state index is 12.8. The minimum Gasteiger partial charge on any atom is -0.352 e. The van der Waals surface area contributed by atoms with Crippen molar-refractivity contribution in [3.05, 3.63) is 35.6 Å². The fourth-order valence-electron chi connectivity index (χ4n) is 3.36. The zero-order chi connectivity index (χ0) is 16.2. The molecule has 5 nitrogen and oxygen atoms in total. The van der Waals surface area contributed by atoms with Gasteiger partial charge in [-0.05, 0) is 42.5 Å². The Morgan fingerprint density at radius 3 is 2.48 bits per heavy atom. The molecule has 2 N–H and O–H groups in total. The minimum absolute atomic E-state index is 0.176. The second kappa shape index (κ2) is 7.08. The van der Waals surface area contributed by atoms with E-state index >= 15 is 0 Å². The van der Waals surface area contributed by atoms with Gasteiger partial charge in [0.05, 0.1) is 0 Å². The summed E-state index contributed by atoms with van der Waals surface area (Å²) in [5, 5.41) is 6.12. The third kappa shape index (κ3) is 3.88. The summed E-state index contributed by atoms with van der Waals surface area (Å²) in [5.74, 6) is 0.793. The SMILES string of the molecule is O=C(NCCCC(=O)N1C[C@H]2CNC[C@H]2C1)c1ccc(F)cc1. The largest absolute Gasteiger partial charge is 0.352 e. The molecule has 2 amide bonds. The second-order valence-corrected chi connectivity index (χ2v) is 6.34. The van der Waals surface area contributed by atoms with Crippen LogP contribution < -0.4 is 10.6 Å². The van der Waals surface area contributed by atoms with Crippen LogP contribution in [0.2, 0.25) is 0 Å². The summed E-state index contributed by atoms with van der Waals surface area (Å²) in [4.78, 5) is 26.0. The van der Waals surface area contributed by atoms with E-state index in [9.17, 15) is 14.0 Å². The minimum atomic E-state index is -0.363. The molecule has 1 aromatic rings. The molecule has 2 atom stereocenters. The monoisotopic (exact) mass is 319 g/mol. The van der Waals surface area contributed by atoms with Crippen LogP contribution in [0.5, 0.6) is 0 Å². The lowest BCUT2D eigenvalue weighted by Gasteiger charge is -2.17. The first-order valence-electron chi connectivity index (χ1n) is 8.16. The van der Waals surface area contributed by atoms with Crippen LogP contribution in [-0.4, -0.2) is 49.4 Å². The summed E-state index contributed by atoms with van der Waals surface area (Å²) in [6.07, 6.45) is 1.08. The van der Waals surface area contributed by atoms with Crippen LogP contribution in [0.4, 0.5) is 4.39 Å². The summed E-state index contributed by atoms with van der Waals surface area (Å²) >= 11 is 0. The van der Waals surface area contributed by atoms with E-state index in [1.54, 1.807) is 0 Å². The zero-order valence-corrected chi connectivity index (χ0v) is 13.1. The predicted octanol–water partition coefficient (Wildman–Crippen LogP) is 1.01. The first-order chi connectivity index (χ1) is 11.1. The molecule has 0 bridgehead atoms. The maximum atomic E-state index is 12.8. The Morgan fingerprint density at radius 2 is 1.83 bits per heavy atom. The number of halogens is 1. The molecular formula is C17H22FN3O2. The molecule has 0 saturated carbocycles. The topological polar surface area (TPSA) is 61.4 Å². The van der Waals surface area contributed by atoms with Crippen LogP contribution in [0.3, 0.4) is 0 Å². The average molecular weight is 319 g/mol. The van der Waals surface area contributed by atoms with Crippen LogP contribution in [0.1, 0.15) is 23.2 Å². The van der Waals surface area contributed by atoms with Gasteiger partial charge in [-0.3, -0.25) is 9.59 Å². The highest BCUT2D eigenvalue weighted by Gasteiger charge is 2.37. The predicted molar refractivity (Wildman–Crippen MR) is 84.4 cm³/mol. The molecule has 2 aliphatic rings. The Bertz CT molecular complexity index is 564. The highest BCUT2D eigenvalue weighted by molar-refractivity contribution is 5.94. The Hall–Kier alpha value is -1.95. The molecular weight excluding hydrogens is 297 g/mol. The van der Waals surface area contributed by atoms with Crippen molar-refractivity contribution in [3.8, 4) is 0 Å². The summed E-state index contributed by atoms with van der Waals surface area (Å²) in [6.45, 7) is 4.20. The van der Waals surface area contributed by atoms with Crippen LogP contribution in [0.15, 0.2) is 24.3 Å². The number of carbonyl (C=O) groups is 2. The van der Waals surface area contributed by atoms with E-state index in [0.717, 1.165) is 26.2 Å². The molecule has 0 aliphatic carbocycles. The smallest absolute Gasteiger partial charge is 0.251 e. The van der Waals surface area contributed by atoms with E-state index in [1.807, 2.05) is 4.90 Å². The highest BCUT2D eigenvalue weighted by Crippen LogP contribution is 2.26. The molecule has 2 fully saturated rings. The van der Waals surface area contributed by atoms with Crippen molar-refractivity contribution in [2.75, 3.05) is 32.7 Å². The number of hydrogen-bond donors (Lipinski definition) is 2. The van der Waals surface area contributed by atoms with E-state index in [0.29, 0.717) is 36.8 Å². The third-order valence-corrected chi connectivity index (χ3v) is 4.70. The number of fused-ring (bicyclic) bond motifs is 1. The average Bonchev–Trinajstić information content (AvgIpc) is 3.13. The van der Waals surface area contributed by atoms with Crippen molar-refractivity contribution in [2.24, 2.45) is 11.8 Å². The molecule has 2 aliphatic heterocycles. The first-order valence-corrected chi connectivity index (χ1v) is 8.16. The van der Waals surface area contributed by atoms with E-state index in [1.165, 1.54) is 24.3 Å². The standard InChI is InChI=1S/C17H22FN3O2/c18-15-5-3-12(4-6-15)17(23)20-7-1-2-16(22)21-10-13-8-19-9-14(13)11-21/h3-6,13-14,19H,1-2,7-11H2,(H,20,23)/t13-,14+. The summed E-state index contributed by atoms with van der Waals surface area (Å²) in [5.41, 5.74) is 0.428. The molecule has 2 heterocycles. The van der Waals surface area contributed by atoms with Gasteiger partial charge in [0.1, 0.15) is 5.82 Å². The third-order valence-electron chi connectivity index (χ3n) is 4.70. The van der Waals surface area contributed by atoms with E-state index < -0.39 is 0 Å². The van der Waals surface area contributed by atoms with Crippen molar-refractivity contribution < 1.29 is 14.0 Å². The Labute approximate surface area is 135 Å². The summed E-state index contributed by atoms with van der Waals surface area (Å²) in [6, 6.07) is 5.43. The molecule has 0 spiro atoms. The number of benzene rings is 1. The summed E-state index contributed by atoms with van der Waals surface area (Å²) in [7, 11) is 0. The van der Waals surface area contributed by atoms with Gasteiger partial charge in [0.15, 0.2) is 0 Å². The first kappa shape index (κ1) is 15.9. The lowest BCUT2D eigenvalue weighted by atomic mass is 10.0. The Balaban J connectivity index is 1.36. The number of likely N-dealkylation sites (tertiary alicyclic amines) is 1. The lowest BCUT2D eigenvalue weighted by Crippen LogP contribution is -2.32. The molecule has 0 unspecified atom stereocenters. The van der Waals surface area contributed by atoms with Gasteiger partial charge in [-0.2, -0.15) is 0 Å². The van der Waals surface area contributed by atoms with Crippen molar-refractivity contribution in [3.63, 3.8) is 0 Å². The van der Waals surface area contributed by atoms with Gasteiger partial charge >= 0.3 is 0 Å². The van der Waals surface area contributed by atoms with Gasteiger partial charge < -0.3 is 15.5 Å². The van der Waals surface area contributed by atoms with Crippen LogP contribution >= 0.6 is 0 Å². The molecule has 0 radical (unpaired) electrons. The molecule has 2 saturated heterocycles. The van der Waals surface area contributed by atoms with Crippen molar-refractivity contribution >= 4 is 11.8 Å². The molecule has 1 aromatic carbocycles. The van der Waals surface area contributed by atoms with Crippen LogP contribution in [-0.2, 0) is 4.79 Å².